The van der Waals surface area contributed by atoms with Crippen LogP contribution in [0.5, 0.6) is 11.5 Å². The Kier molecular flexibility index (Phi) is 9.35. The van der Waals surface area contributed by atoms with Crippen LogP contribution in [0.3, 0.4) is 0 Å². The summed E-state index contributed by atoms with van der Waals surface area (Å²) in [5.74, 6) is 0.210. The summed E-state index contributed by atoms with van der Waals surface area (Å²) >= 11 is 0. The Balaban J connectivity index is 2.03. The Morgan fingerprint density at radius 3 is 2.63 bits per heavy atom. The topological polar surface area (TPSA) is 80.6 Å². The number of nitrogens with zero attached hydrogens (tertiary/aromatic N) is 1. The maximum atomic E-state index is 13.0. The van der Waals surface area contributed by atoms with Crippen molar-refractivity contribution in [1.29, 1.82) is 5.26 Å². The summed E-state index contributed by atoms with van der Waals surface area (Å²) in [5, 5.41) is 12.0. The van der Waals surface area contributed by atoms with Crippen molar-refractivity contribution in [3.63, 3.8) is 0 Å². The molecule has 0 aliphatic carbocycles. The van der Waals surface area contributed by atoms with E-state index >= 15 is 0 Å². The Labute approximate surface area is 175 Å². The molecule has 0 unspecified atom stereocenters. The standard InChI is InChI=1S/C23H25FN2O4/c1-3-29-12-4-11-26-23(27)19(15-25)13-18-7-10-21(22(14-18)28-2)30-16-17-5-8-20(24)9-6-17/h5-10,13-14H,3-4,11-12,16H2,1-2H3,(H,26,27). The lowest BCUT2D eigenvalue weighted by Gasteiger charge is -2.12. The zero-order chi connectivity index (χ0) is 21.8. The zero-order valence-electron chi connectivity index (χ0n) is 17.1. The van der Waals surface area contributed by atoms with Crippen molar-refractivity contribution in [2.45, 2.75) is 20.0 Å². The predicted molar refractivity (Wildman–Crippen MR) is 111 cm³/mol. The molecule has 0 saturated carbocycles. The number of benzene rings is 2. The Morgan fingerprint density at radius 2 is 1.97 bits per heavy atom. The number of carbonyl (C=O) groups excluding carboxylic acids is 1. The number of hydrogen-bond acceptors (Lipinski definition) is 5. The molecule has 0 aliphatic heterocycles. The van der Waals surface area contributed by atoms with Gasteiger partial charge in [-0.3, -0.25) is 4.79 Å². The lowest BCUT2D eigenvalue weighted by molar-refractivity contribution is -0.117. The SMILES string of the molecule is CCOCCCNC(=O)C(C#N)=Cc1ccc(OCc2ccc(F)cc2)c(OC)c1. The Bertz CT molecular complexity index is 904. The van der Waals surface area contributed by atoms with Gasteiger partial charge in [0.1, 0.15) is 24.1 Å². The minimum atomic E-state index is -0.440. The average molecular weight is 412 g/mol. The van der Waals surface area contributed by atoms with Crippen LogP contribution in [0.25, 0.3) is 6.08 Å². The van der Waals surface area contributed by atoms with Gasteiger partial charge in [-0.1, -0.05) is 18.2 Å². The second kappa shape index (κ2) is 12.2. The van der Waals surface area contributed by atoms with Crippen LogP contribution in [0.2, 0.25) is 0 Å². The number of halogens is 1. The molecule has 2 aromatic rings. The number of methoxy groups -OCH3 is 1. The van der Waals surface area contributed by atoms with Gasteiger partial charge in [-0.25, -0.2) is 4.39 Å². The van der Waals surface area contributed by atoms with Gasteiger partial charge in [0, 0.05) is 19.8 Å². The molecule has 0 saturated heterocycles. The Morgan fingerprint density at radius 1 is 1.20 bits per heavy atom. The molecule has 158 valence electrons. The van der Waals surface area contributed by atoms with Gasteiger partial charge in [0.05, 0.1) is 7.11 Å². The number of hydrogen-bond donors (Lipinski definition) is 1. The highest BCUT2D eigenvalue weighted by Crippen LogP contribution is 2.29. The minimum Gasteiger partial charge on any atom is -0.493 e. The lowest BCUT2D eigenvalue weighted by Crippen LogP contribution is -2.26. The summed E-state index contributed by atoms with van der Waals surface area (Å²) in [6.45, 7) is 3.76. The molecule has 0 fully saturated rings. The van der Waals surface area contributed by atoms with E-state index in [1.165, 1.54) is 25.3 Å². The average Bonchev–Trinajstić information content (AvgIpc) is 2.77. The van der Waals surface area contributed by atoms with Crippen molar-refractivity contribution < 1.29 is 23.4 Å². The first-order valence-corrected chi connectivity index (χ1v) is 9.60. The third kappa shape index (κ3) is 7.22. The van der Waals surface area contributed by atoms with Crippen LogP contribution < -0.4 is 14.8 Å². The molecule has 0 heterocycles. The lowest BCUT2D eigenvalue weighted by atomic mass is 10.1. The highest BCUT2D eigenvalue weighted by atomic mass is 19.1. The van der Waals surface area contributed by atoms with Gasteiger partial charge in [0.25, 0.3) is 5.91 Å². The summed E-state index contributed by atoms with van der Waals surface area (Å²) in [6.07, 6.45) is 2.16. The number of rotatable bonds is 11. The van der Waals surface area contributed by atoms with Gasteiger partial charge in [0.15, 0.2) is 11.5 Å². The largest absolute Gasteiger partial charge is 0.493 e. The summed E-state index contributed by atoms with van der Waals surface area (Å²) in [6, 6.07) is 13.1. The molecule has 0 atom stereocenters. The van der Waals surface area contributed by atoms with Crippen molar-refractivity contribution in [1.82, 2.24) is 5.32 Å². The maximum Gasteiger partial charge on any atom is 0.261 e. The third-order valence-corrected chi connectivity index (χ3v) is 4.13. The third-order valence-electron chi connectivity index (χ3n) is 4.13. The molecule has 0 aromatic heterocycles. The van der Waals surface area contributed by atoms with Crippen molar-refractivity contribution in [3.05, 3.63) is 65.0 Å². The summed E-state index contributed by atoms with van der Waals surface area (Å²) in [4.78, 5) is 12.2. The molecule has 1 amide bonds. The highest BCUT2D eigenvalue weighted by molar-refractivity contribution is 6.01. The van der Waals surface area contributed by atoms with Crippen molar-refractivity contribution in [2.75, 3.05) is 26.9 Å². The first kappa shape index (κ1) is 22.9. The van der Waals surface area contributed by atoms with Gasteiger partial charge in [-0.05, 0) is 54.8 Å². The van der Waals surface area contributed by atoms with Crippen LogP contribution >= 0.6 is 0 Å². The monoisotopic (exact) mass is 412 g/mol. The highest BCUT2D eigenvalue weighted by Gasteiger charge is 2.10. The van der Waals surface area contributed by atoms with E-state index in [0.717, 1.165) is 5.56 Å². The number of ether oxygens (including phenoxy) is 3. The van der Waals surface area contributed by atoms with Gasteiger partial charge >= 0.3 is 0 Å². The fourth-order valence-electron chi connectivity index (χ4n) is 2.57. The number of nitrogens with one attached hydrogen (secondary N) is 1. The smallest absolute Gasteiger partial charge is 0.261 e. The summed E-state index contributed by atoms with van der Waals surface area (Å²) in [5.41, 5.74) is 1.44. The van der Waals surface area contributed by atoms with Crippen LogP contribution in [0.4, 0.5) is 4.39 Å². The molecule has 6 nitrogen and oxygen atoms in total. The maximum absolute atomic E-state index is 13.0. The van der Waals surface area contributed by atoms with Crippen LogP contribution in [0, 0.1) is 17.1 Å². The molecular formula is C23H25FN2O4. The van der Waals surface area contributed by atoms with E-state index in [2.05, 4.69) is 5.32 Å². The zero-order valence-corrected chi connectivity index (χ0v) is 17.1. The van der Waals surface area contributed by atoms with Crippen LogP contribution in [-0.4, -0.2) is 32.8 Å². The first-order valence-electron chi connectivity index (χ1n) is 9.60. The van der Waals surface area contributed by atoms with Gasteiger partial charge in [-0.2, -0.15) is 5.26 Å². The van der Waals surface area contributed by atoms with Crippen LogP contribution in [0.1, 0.15) is 24.5 Å². The Hall–Kier alpha value is -3.37. The van der Waals surface area contributed by atoms with E-state index in [4.69, 9.17) is 14.2 Å². The van der Waals surface area contributed by atoms with E-state index in [9.17, 15) is 14.4 Å². The molecule has 0 bridgehead atoms. The van der Waals surface area contributed by atoms with E-state index in [1.54, 1.807) is 30.3 Å². The minimum absolute atomic E-state index is 0.00607. The quantitative estimate of drug-likeness (QED) is 0.344. The van der Waals surface area contributed by atoms with E-state index < -0.39 is 5.91 Å². The number of amides is 1. The van der Waals surface area contributed by atoms with Gasteiger partial charge < -0.3 is 19.5 Å². The second-order valence-electron chi connectivity index (χ2n) is 6.30. The summed E-state index contributed by atoms with van der Waals surface area (Å²) < 4.78 is 29.3. The predicted octanol–water partition coefficient (Wildman–Crippen LogP) is 3.86. The summed E-state index contributed by atoms with van der Waals surface area (Å²) in [7, 11) is 1.50. The van der Waals surface area contributed by atoms with Crippen molar-refractivity contribution in [2.24, 2.45) is 0 Å². The molecule has 0 aliphatic rings. The molecule has 1 N–H and O–H groups in total. The van der Waals surface area contributed by atoms with Crippen LogP contribution in [0.15, 0.2) is 48.0 Å². The van der Waals surface area contributed by atoms with E-state index in [0.29, 0.717) is 43.2 Å². The normalized spacial score (nSPS) is 10.9. The number of carbonyl (C=O) groups is 1. The second-order valence-corrected chi connectivity index (χ2v) is 6.30. The number of nitriles is 1. The molecule has 2 aromatic carbocycles. The van der Waals surface area contributed by atoms with Gasteiger partial charge in [-0.15, -0.1) is 0 Å². The van der Waals surface area contributed by atoms with Gasteiger partial charge in [0.2, 0.25) is 0 Å². The molecule has 30 heavy (non-hydrogen) atoms. The van der Waals surface area contributed by atoms with Crippen molar-refractivity contribution in [3.8, 4) is 17.6 Å². The molecule has 0 radical (unpaired) electrons. The molecule has 7 heteroatoms. The first-order chi connectivity index (χ1) is 14.6. The fraction of sp³-hybridized carbons (Fsp3) is 0.304. The van der Waals surface area contributed by atoms with Crippen LogP contribution in [-0.2, 0) is 16.1 Å². The van der Waals surface area contributed by atoms with Crippen molar-refractivity contribution >= 4 is 12.0 Å². The molecule has 2 rings (SSSR count). The molecule has 0 spiro atoms. The van der Waals surface area contributed by atoms with E-state index in [-0.39, 0.29) is 18.0 Å². The molecular weight excluding hydrogens is 387 g/mol. The van der Waals surface area contributed by atoms with E-state index in [1.807, 2.05) is 13.0 Å². The fourth-order valence-corrected chi connectivity index (χ4v) is 2.57.